The van der Waals surface area contributed by atoms with Crippen molar-refractivity contribution in [1.29, 1.82) is 0 Å². The van der Waals surface area contributed by atoms with E-state index < -0.39 is 58.3 Å². The van der Waals surface area contributed by atoms with E-state index in [1.165, 1.54) is 23.9 Å². The maximum absolute atomic E-state index is 14.2. The molecule has 0 saturated carbocycles. The first-order valence-corrected chi connectivity index (χ1v) is 18.9. The van der Waals surface area contributed by atoms with Gasteiger partial charge in [0.15, 0.2) is 11.6 Å². The van der Waals surface area contributed by atoms with Crippen LogP contribution in [-0.2, 0) is 35.7 Å². The smallest absolute Gasteiger partial charge is 0.243 e. The molecular weight excluding hydrogens is 703 g/mol. The zero-order valence-corrected chi connectivity index (χ0v) is 31.1. The molecule has 16 nitrogen and oxygen atoms in total. The fraction of sp³-hybridized carbons (Fsp3) is 0.417. The molecule has 1 aliphatic heterocycles. The van der Waals surface area contributed by atoms with Gasteiger partial charge in [-0.05, 0) is 51.2 Å². The van der Waals surface area contributed by atoms with Crippen molar-refractivity contribution < 1.29 is 32.1 Å². The highest BCUT2D eigenvalue weighted by Gasteiger charge is 2.32. The van der Waals surface area contributed by atoms with Crippen molar-refractivity contribution in [3.05, 3.63) is 72.2 Å². The molecule has 0 unspecified atom stereocenters. The van der Waals surface area contributed by atoms with Crippen molar-refractivity contribution in [3.63, 3.8) is 0 Å². The van der Waals surface area contributed by atoms with Crippen molar-refractivity contribution in [3.8, 4) is 22.7 Å². The van der Waals surface area contributed by atoms with Crippen LogP contribution in [-0.4, -0.2) is 88.0 Å². The maximum Gasteiger partial charge on any atom is 0.243 e. The van der Waals surface area contributed by atoms with Crippen LogP contribution in [0.3, 0.4) is 0 Å². The van der Waals surface area contributed by atoms with E-state index in [2.05, 4.69) is 36.5 Å². The third kappa shape index (κ3) is 9.72. The molecule has 4 N–H and O–H groups in total. The molecule has 1 aliphatic rings. The largest absolute Gasteiger partial charge is 0.356 e. The van der Waals surface area contributed by atoms with E-state index in [4.69, 9.17) is 4.52 Å². The summed E-state index contributed by atoms with van der Waals surface area (Å²) >= 11 is 0. The van der Waals surface area contributed by atoms with Gasteiger partial charge in [0.05, 0.1) is 23.7 Å². The quantitative estimate of drug-likeness (QED) is 0.226. The SMILES string of the molecule is Cc1ccc(-c2ccno2)cc1S(=O)(=O)N1CCCNC(=O)Cn2nc(-c3ccccc3)nc2[C@H](C)NC(=O)[C@@H](CC(C)C)NC(=O)[C@@H](C)NC(=O)C1. The Hall–Kier alpha value is -5.42. The molecule has 4 aromatic rings. The number of fused-ring (bicyclic) bond motifs is 1. The summed E-state index contributed by atoms with van der Waals surface area (Å²) in [6.45, 7) is 7.69. The van der Waals surface area contributed by atoms with Gasteiger partial charge in [-0.25, -0.2) is 18.1 Å². The monoisotopic (exact) mass is 747 g/mol. The van der Waals surface area contributed by atoms with E-state index in [1.807, 2.05) is 44.2 Å². The van der Waals surface area contributed by atoms with Crippen LogP contribution in [0.25, 0.3) is 22.7 Å². The molecule has 5 rings (SSSR count). The number of carbonyl (C=O) groups is 4. The first-order chi connectivity index (χ1) is 25.2. The van der Waals surface area contributed by atoms with Gasteiger partial charge in [0.2, 0.25) is 33.7 Å². The number of rotatable bonds is 6. The molecule has 0 aliphatic carbocycles. The average molecular weight is 748 g/mol. The van der Waals surface area contributed by atoms with Crippen molar-refractivity contribution in [2.75, 3.05) is 19.6 Å². The predicted octanol–water partition coefficient (Wildman–Crippen LogP) is 2.33. The van der Waals surface area contributed by atoms with E-state index in [9.17, 15) is 27.6 Å². The fourth-order valence-corrected chi connectivity index (χ4v) is 7.57. The predicted molar refractivity (Wildman–Crippen MR) is 194 cm³/mol. The summed E-state index contributed by atoms with van der Waals surface area (Å²) in [5, 5.41) is 19.3. The number of sulfonamides is 1. The van der Waals surface area contributed by atoms with Crippen molar-refractivity contribution in [2.45, 2.75) is 77.0 Å². The lowest BCUT2D eigenvalue weighted by Gasteiger charge is -2.25. The molecule has 0 radical (unpaired) electrons. The summed E-state index contributed by atoms with van der Waals surface area (Å²) in [7, 11) is -4.29. The van der Waals surface area contributed by atoms with Gasteiger partial charge in [-0.2, -0.15) is 9.40 Å². The average Bonchev–Trinajstić information content (AvgIpc) is 3.80. The van der Waals surface area contributed by atoms with Gasteiger partial charge in [-0.3, -0.25) is 19.2 Å². The topological polar surface area (TPSA) is 211 Å². The molecule has 3 atom stereocenters. The highest BCUT2D eigenvalue weighted by atomic mass is 32.2. The van der Waals surface area contributed by atoms with Gasteiger partial charge < -0.3 is 25.8 Å². The lowest BCUT2D eigenvalue weighted by atomic mass is 10.0. The van der Waals surface area contributed by atoms with Gasteiger partial charge in [0.1, 0.15) is 24.5 Å². The number of aryl methyl sites for hydroxylation is 1. The minimum Gasteiger partial charge on any atom is -0.356 e. The molecule has 17 heteroatoms. The summed E-state index contributed by atoms with van der Waals surface area (Å²) in [5.41, 5.74) is 1.63. The number of hydrogen-bond donors (Lipinski definition) is 4. The van der Waals surface area contributed by atoms with Gasteiger partial charge in [0, 0.05) is 30.3 Å². The maximum atomic E-state index is 14.2. The van der Waals surface area contributed by atoms with Crippen LogP contribution in [0.4, 0.5) is 0 Å². The second-order valence-corrected chi connectivity index (χ2v) is 15.3. The minimum atomic E-state index is -4.29. The third-order valence-electron chi connectivity index (χ3n) is 8.64. The zero-order valence-electron chi connectivity index (χ0n) is 30.3. The number of nitrogens with one attached hydrogen (secondary N) is 4. The molecular formula is C36H45N9O7S. The Morgan fingerprint density at radius 1 is 0.887 bits per heavy atom. The van der Waals surface area contributed by atoms with E-state index in [0.717, 1.165) is 4.31 Å². The van der Waals surface area contributed by atoms with Crippen LogP contribution in [0.1, 0.15) is 58.0 Å². The van der Waals surface area contributed by atoms with E-state index in [-0.39, 0.29) is 43.3 Å². The Morgan fingerprint density at radius 3 is 2.34 bits per heavy atom. The van der Waals surface area contributed by atoms with Crippen LogP contribution in [0, 0.1) is 12.8 Å². The molecule has 2 aromatic heterocycles. The third-order valence-corrected chi connectivity index (χ3v) is 10.6. The summed E-state index contributed by atoms with van der Waals surface area (Å²) in [6.07, 6.45) is 1.88. The number of hydrogen-bond acceptors (Lipinski definition) is 10. The number of nitrogens with zero attached hydrogens (tertiary/aromatic N) is 5. The molecule has 53 heavy (non-hydrogen) atoms. The summed E-state index contributed by atoms with van der Waals surface area (Å²) in [5.74, 6) is -1.22. The minimum absolute atomic E-state index is 0.00895. The molecule has 0 fully saturated rings. The lowest BCUT2D eigenvalue weighted by Crippen LogP contribution is -2.54. The molecule has 4 amide bonds. The van der Waals surface area contributed by atoms with Gasteiger partial charge in [-0.15, -0.1) is 0 Å². The van der Waals surface area contributed by atoms with E-state index in [1.54, 1.807) is 32.0 Å². The van der Waals surface area contributed by atoms with Crippen LogP contribution in [0.15, 0.2) is 70.2 Å². The Morgan fingerprint density at radius 2 is 1.64 bits per heavy atom. The van der Waals surface area contributed by atoms with Gasteiger partial charge >= 0.3 is 0 Å². The van der Waals surface area contributed by atoms with E-state index in [0.29, 0.717) is 34.1 Å². The van der Waals surface area contributed by atoms with Crippen LogP contribution >= 0.6 is 0 Å². The first-order valence-electron chi connectivity index (χ1n) is 17.4. The molecule has 282 valence electrons. The number of benzene rings is 2. The molecule has 0 saturated heterocycles. The highest BCUT2D eigenvalue weighted by molar-refractivity contribution is 7.89. The van der Waals surface area contributed by atoms with Gasteiger partial charge in [-0.1, -0.05) is 61.5 Å². The summed E-state index contributed by atoms with van der Waals surface area (Å²) < 4.78 is 36.0. The van der Waals surface area contributed by atoms with Gasteiger partial charge in [0.25, 0.3) is 0 Å². The molecule has 0 bridgehead atoms. The van der Waals surface area contributed by atoms with Crippen LogP contribution in [0.5, 0.6) is 0 Å². The number of carbonyl (C=O) groups excluding carboxylic acids is 4. The fourth-order valence-electron chi connectivity index (χ4n) is 5.89. The Bertz CT molecular complexity index is 2030. The Labute approximate surface area is 308 Å². The molecule has 0 spiro atoms. The second-order valence-electron chi connectivity index (χ2n) is 13.4. The Balaban J connectivity index is 1.46. The highest BCUT2D eigenvalue weighted by Crippen LogP contribution is 2.27. The zero-order chi connectivity index (χ0) is 38.3. The Kier molecular flexibility index (Phi) is 12.4. The lowest BCUT2D eigenvalue weighted by molar-refractivity contribution is -0.132. The standard InChI is InChI=1S/C36H45N9O7S/c1-22(2)18-28-36(49)40-24(4)34-42-33(26-10-7-6-8-11-26)43-45(34)21-31(46)37-15-9-17-44(20-32(47)39-25(5)35(48)41-28)53(50,51)30-19-27(13-12-23(30)3)29-14-16-38-52-29/h6-8,10-14,16,19,22,24-25,28H,9,15,17-18,20-21H2,1-5H3,(H,37,46)(H,39,47)(H,40,49)(H,41,48)/t24-,25+,28+/m0/s1. The summed E-state index contributed by atoms with van der Waals surface area (Å²) in [6, 6.07) is 12.8. The number of amides is 4. The first kappa shape index (κ1) is 38.8. The normalized spacial score (nSPS) is 20.3. The second kappa shape index (κ2) is 16.9. The van der Waals surface area contributed by atoms with Crippen LogP contribution in [0.2, 0.25) is 0 Å². The van der Waals surface area contributed by atoms with Crippen molar-refractivity contribution in [2.24, 2.45) is 5.92 Å². The molecule has 2 aromatic carbocycles. The van der Waals surface area contributed by atoms with E-state index >= 15 is 0 Å². The number of aromatic nitrogens is 4. The van der Waals surface area contributed by atoms with Crippen molar-refractivity contribution in [1.82, 2.24) is 45.5 Å². The van der Waals surface area contributed by atoms with Crippen LogP contribution < -0.4 is 21.3 Å². The summed E-state index contributed by atoms with van der Waals surface area (Å²) in [4.78, 5) is 58.3. The van der Waals surface area contributed by atoms with Crippen molar-refractivity contribution >= 4 is 33.7 Å². The molecule has 3 heterocycles.